The highest BCUT2D eigenvalue weighted by atomic mass is 16.2. The van der Waals surface area contributed by atoms with Gasteiger partial charge in [0, 0.05) is 5.69 Å². The van der Waals surface area contributed by atoms with E-state index >= 15 is 0 Å². The number of hydrogen-bond acceptors (Lipinski definition) is 5. The number of nitrogens with two attached hydrogens (primary N) is 1. The van der Waals surface area contributed by atoms with Crippen molar-refractivity contribution in [1.82, 2.24) is 0 Å². The van der Waals surface area contributed by atoms with Crippen LogP contribution in [0.15, 0.2) is 97.1 Å². The van der Waals surface area contributed by atoms with Gasteiger partial charge in [-0.05, 0) is 181 Å². The fraction of sp³-hybridized carbons (Fsp3) is 0.149. The van der Waals surface area contributed by atoms with Crippen molar-refractivity contribution in [2.75, 3.05) is 15.5 Å². The van der Waals surface area contributed by atoms with Crippen molar-refractivity contribution in [3.8, 4) is 33.4 Å². The van der Waals surface area contributed by atoms with Crippen LogP contribution in [0.2, 0.25) is 0 Å². The van der Waals surface area contributed by atoms with Gasteiger partial charge >= 0.3 is 0 Å². The molecule has 6 aromatic carbocycles. The van der Waals surface area contributed by atoms with Crippen molar-refractivity contribution in [2.45, 2.75) is 48.5 Å². The summed E-state index contributed by atoms with van der Waals surface area (Å²) in [6.07, 6.45) is 0. The monoisotopic (exact) mass is 709 g/mol. The number of amides is 4. The standard InChI is InChI=1S/C47H39N3O4/c1-24-16-33(17-25(2)30(24)7)31-8-12-39-41(22-31)46(53)49(44(39)51)35-10-14-37(26(3)20-35)38-15-11-36(21-27(38)4)50-45(52)40-13-9-32(23-42(40)47(50)54)34-18-28(5)43(48)29(6)19-34/h8-23H,48H2,1-7H3. The third-order valence-electron chi connectivity index (χ3n) is 11.2. The minimum Gasteiger partial charge on any atom is -0.398 e. The lowest BCUT2D eigenvalue weighted by molar-refractivity contribution is 0.0910. The Labute approximate surface area is 314 Å². The molecule has 0 unspecified atom stereocenters. The van der Waals surface area contributed by atoms with E-state index in [1.165, 1.54) is 26.5 Å². The van der Waals surface area contributed by atoms with E-state index in [0.717, 1.165) is 61.3 Å². The molecule has 0 radical (unpaired) electrons. The molecule has 7 nitrogen and oxygen atoms in total. The van der Waals surface area contributed by atoms with Crippen LogP contribution in [-0.2, 0) is 0 Å². The van der Waals surface area contributed by atoms with Gasteiger partial charge in [0.05, 0.1) is 33.6 Å². The van der Waals surface area contributed by atoms with E-state index in [4.69, 9.17) is 5.73 Å². The van der Waals surface area contributed by atoms with Gasteiger partial charge < -0.3 is 5.73 Å². The zero-order valence-electron chi connectivity index (χ0n) is 31.3. The van der Waals surface area contributed by atoms with Crippen LogP contribution in [0, 0.1) is 48.5 Å². The Kier molecular flexibility index (Phi) is 8.00. The molecule has 2 heterocycles. The van der Waals surface area contributed by atoms with Crippen LogP contribution >= 0.6 is 0 Å². The lowest BCUT2D eigenvalue weighted by atomic mass is 9.94. The van der Waals surface area contributed by atoms with Crippen molar-refractivity contribution in [2.24, 2.45) is 0 Å². The van der Waals surface area contributed by atoms with Crippen LogP contribution in [-0.4, -0.2) is 23.6 Å². The Hall–Kier alpha value is -6.60. The highest BCUT2D eigenvalue weighted by molar-refractivity contribution is 6.35. The number of benzene rings is 6. The summed E-state index contributed by atoms with van der Waals surface area (Å²) in [6, 6.07) is 30.1. The van der Waals surface area contributed by atoms with Crippen molar-refractivity contribution in [1.29, 1.82) is 0 Å². The van der Waals surface area contributed by atoms with Gasteiger partial charge in [0.25, 0.3) is 23.6 Å². The summed E-state index contributed by atoms with van der Waals surface area (Å²) in [6.45, 7) is 14.0. The van der Waals surface area contributed by atoms with E-state index in [2.05, 4.69) is 32.9 Å². The first-order valence-corrected chi connectivity index (χ1v) is 18.0. The summed E-state index contributed by atoms with van der Waals surface area (Å²) in [5, 5.41) is 0. The van der Waals surface area contributed by atoms with Crippen molar-refractivity contribution in [3.05, 3.63) is 158 Å². The van der Waals surface area contributed by atoms with Crippen molar-refractivity contribution < 1.29 is 19.2 Å². The van der Waals surface area contributed by atoms with Crippen LogP contribution in [0.5, 0.6) is 0 Å². The number of fused-ring (bicyclic) bond motifs is 2. The van der Waals surface area contributed by atoms with Gasteiger partial charge in [-0.1, -0.05) is 36.4 Å². The molecule has 8 rings (SSSR count). The highest BCUT2D eigenvalue weighted by Gasteiger charge is 2.38. The number of rotatable bonds is 5. The Balaban J connectivity index is 1.05. The molecular formula is C47H39N3O4. The summed E-state index contributed by atoms with van der Waals surface area (Å²) in [7, 11) is 0. The first-order valence-electron chi connectivity index (χ1n) is 18.0. The highest BCUT2D eigenvalue weighted by Crippen LogP contribution is 2.38. The number of carbonyl (C=O) groups excluding carboxylic acids is 4. The lowest BCUT2D eigenvalue weighted by Crippen LogP contribution is -2.29. The van der Waals surface area contributed by atoms with E-state index in [0.29, 0.717) is 33.6 Å². The van der Waals surface area contributed by atoms with Crippen LogP contribution in [0.3, 0.4) is 0 Å². The van der Waals surface area contributed by atoms with Gasteiger partial charge in [-0.2, -0.15) is 0 Å². The number of carbonyl (C=O) groups is 4. The number of anilines is 3. The summed E-state index contributed by atoms with van der Waals surface area (Å²) in [5.41, 5.74) is 22.1. The SMILES string of the molecule is Cc1cc(N2C(=O)c3ccc(-c4cc(C)c(C)c(C)c4)cc3C2=O)ccc1-c1ccc(N2C(=O)c3ccc(-c4cc(C)c(N)c(C)c4)cc3C2=O)cc1C. The van der Waals surface area contributed by atoms with E-state index in [-0.39, 0.29) is 23.6 Å². The van der Waals surface area contributed by atoms with E-state index in [1.54, 1.807) is 30.3 Å². The smallest absolute Gasteiger partial charge is 0.266 e. The van der Waals surface area contributed by atoms with Gasteiger partial charge in [0.1, 0.15) is 0 Å². The normalized spacial score (nSPS) is 13.6. The topological polar surface area (TPSA) is 101 Å². The van der Waals surface area contributed by atoms with E-state index in [1.807, 2.05) is 82.3 Å². The average molecular weight is 710 g/mol. The predicted molar refractivity (Wildman–Crippen MR) is 215 cm³/mol. The van der Waals surface area contributed by atoms with Gasteiger partial charge in [-0.15, -0.1) is 0 Å². The summed E-state index contributed by atoms with van der Waals surface area (Å²) >= 11 is 0. The van der Waals surface area contributed by atoms with Crippen molar-refractivity contribution in [3.63, 3.8) is 0 Å². The Morgan fingerprint density at radius 2 is 0.704 bits per heavy atom. The Bertz CT molecular complexity index is 2460. The minimum atomic E-state index is -0.370. The van der Waals surface area contributed by atoms with Gasteiger partial charge in [0.2, 0.25) is 0 Å². The number of imide groups is 2. The van der Waals surface area contributed by atoms with Crippen LogP contribution in [0.1, 0.15) is 80.4 Å². The number of hydrogen-bond donors (Lipinski definition) is 1. The molecule has 2 N–H and O–H groups in total. The van der Waals surface area contributed by atoms with E-state index in [9.17, 15) is 19.2 Å². The number of aryl methyl sites for hydroxylation is 6. The summed E-state index contributed by atoms with van der Waals surface area (Å²) < 4.78 is 0. The van der Waals surface area contributed by atoms with Gasteiger partial charge in [-0.25, -0.2) is 9.80 Å². The molecule has 266 valence electrons. The molecule has 6 aromatic rings. The average Bonchev–Trinajstić information content (AvgIpc) is 3.55. The molecule has 2 aliphatic rings. The van der Waals surface area contributed by atoms with Crippen LogP contribution < -0.4 is 15.5 Å². The third kappa shape index (κ3) is 5.35. The maximum atomic E-state index is 13.8. The Morgan fingerprint density at radius 1 is 0.352 bits per heavy atom. The fourth-order valence-electron chi connectivity index (χ4n) is 7.83. The summed E-state index contributed by atoms with van der Waals surface area (Å²) in [5.74, 6) is -1.43. The quantitative estimate of drug-likeness (QED) is 0.142. The Morgan fingerprint density at radius 3 is 1.09 bits per heavy atom. The molecule has 0 saturated heterocycles. The largest absolute Gasteiger partial charge is 0.398 e. The molecule has 2 aliphatic heterocycles. The molecule has 0 atom stereocenters. The molecule has 0 saturated carbocycles. The second-order valence-corrected chi connectivity index (χ2v) is 14.7. The van der Waals surface area contributed by atoms with E-state index < -0.39 is 0 Å². The maximum Gasteiger partial charge on any atom is 0.266 e. The zero-order chi connectivity index (χ0) is 38.3. The third-order valence-corrected chi connectivity index (χ3v) is 11.2. The lowest BCUT2D eigenvalue weighted by Gasteiger charge is -2.19. The predicted octanol–water partition coefficient (Wildman–Crippen LogP) is 10.0. The fourth-order valence-corrected chi connectivity index (χ4v) is 7.83. The molecule has 4 amide bonds. The summed E-state index contributed by atoms with van der Waals surface area (Å²) in [4.78, 5) is 57.2. The van der Waals surface area contributed by atoms with Crippen LogP contribution in [0.4, 0.5) is 17.1 Å². The minimum absolute atomic E-state index is 0.350. The maximum absolute atomic E-state index is 13.8. The molecular weight excluding hydrogens is 671 g/mol. The number of nitrogens with zero attached hydrogens (tertiary/aromatic N) is 2. The van der Waals surface area contributed by atoms with Gasteiger partial charge in [-0.3, -0.25) is 19.2 Å². The van der Waals surface area contributed by atoms with Crippen LogP contribution in [0.25, 0.3) is 33.4 Å². The van der Waals surface area contributed by atoms with Crippen molar-refractivity contribution >= 4 is 40.7 Å². The molecule has 0 aromatic heterocycles. The molecule has 0 aliphatic carbocycles. The molecule has 54 heavy (non-hydrogen) atoms. The molecule has 0 spiro atoms. The first-order chi connectivity index (χ1) is 25.7. The first kappa shape index (κ1) is 34.5. The van der Waals surface area contributed by atoms with Gasteiger partial charge in [0.15, 0.2) is 0 Å². The molecule has 0 bridgehead atoms. The number of nitrogen functional groups attached to an aromatic ring is 1. The second kappa shape index (κ2) is 12.5. The second-order valence-electron chi connectivity index (χ2n) is 14.7. The zero-order valence-corrected chi connectivity index (χ0v) is 31.3. The molecule has 7 heteroatoms. The molecule has 0 fully saturated rings.